The third kappa shape index (κ3) is 4.83. The summed E-state index contributed by atoms with van der Waals surface area (Å²) >= 11 is 1.71. The van der Waals surface area contributed by atoms with Crippen LogP contribution in [0.1, 0.15) is 50.0 Å². The SMILES string of the molecule is C[C@@H]1CCCN(C(=O)CN2CCC[C@@H]2c2nnc(SCc3ccccc3)n2C)C1. The molecule has 0 saturated carbocycles. The Hall–Kier alpha value is -1.86. The van der Waals surface area contributed by atoms with Crippen molar-refractivity contribution in [1.82, 2.24) is 24.6 Å². The molecule has 7 heteroatoms. The highest BCUT2D eigenvalue weighted by Gasteiger charge is 2.33. The summed E-state index contributed by atoms with van der Waals surface area (Å²) in [6, 6.07) is 10.6. The zero-order valence-electron chi connectivity index (χ0n) is 17.5. The highest BCUT2D eigenvalue weighted by molar-refractivity contribution is 7.98. The molecule has 156 valence electrons. The standard InChI is InChI=1S/C22H31N5OS/c1-17-8-6-13-27(14-17)20(28)15-26-12-7-11-19(26)21-23-24-22(25(21)2)29-16-18-9-4-3-5-10-18/h3-5,9-10,17,19H,6-8,11-16H2,1-2H3/t17-,19-/m1/s1. The van der Waals surface area contributed by atoms with Crippen molar-refractivity contribution in [3.8, 4) is 0 Å². The van der Waals surface area contributed by atoms with Crippen LogP contribution < -0.4 is 0 Å². The number of rotatable bonds is 6. The summed E-state index contributed by atoms with van der Waals surface area (Å²) in [6.45, 7) is 5.51. The number of hydrogen-bond acceptors (Lipinski definition) is 5. The number of benzene rings is 1. The number of likely N-dealkylation sites (tertiary alicyclic amines) is 2. The van der Waals surface area contributed by atoms with E-state index in [4.69, 9.17) is 0 Å². The lowest BCUT2D eigenvalue weighted by Crippen LogP contribution is -2.44. The number of hydrogen-bond donors (Lipinski definition) is 0. The van der Waals surface area contributed by atoms with Crippen LogP contribution in [0.4, 0.5) is 0 Å². The van der Waals surface area contributed by atoms with Gasteiger partial charge in [0.25, 0.3) is 0 Å². The summed E-state index contributed by atoms with van der Waals surface area (Å²) in [5, 5.41) is 9.90. The Morgan fingerprint density at radius 1 is 1.14 bits per heavy atom. The molecule has 0 N–H and O–H groups in total. The fourth-order valence-corrected chi connectivity index (χ4v) is 5.34. The summed E-state index contributed by atoms with van der Waals surface area (Å²) in [5.74, 6) is 2.75. The van der Waals surface area contributed by atoms with Gasteiger partial charge in [-0.1, -0.05) is 49.0 Å². The van der Waals surface area contributed by atoms with Crippen LogP contribution in [-0.4, -0.2) is 56.7 Å². The topological polar surface area (TPSA) is 54.3 Å². The van der Waals surface area contributed by atoms with Crippen LogP contribution in [0.25, 0.3) is 0 Å². The van der Waals surface area contributed by atoms with Crippen molar-refractivity contribution in [2.75, 3.05) is 26.2 Å². The molecule has 1 amide bonds. The quantitative estimate of drug-likeness (QED) is 0.679. The molecule has 2 fully saturated rings. The fraction of sp³-hybridized carbons (Fsp3) is 0.591. The highest BCUT2D eigenvalue weighted by atomic mass is 32.2. The third-order valence-corrected chi connectivity index (χ3v) is 7.18. The number of carbonyl (C=O) groups excluding carboxylic acids is 1. The molecular weight excluding hydrogens is 382 g/mol. The average Bonchev–Trinajstić information content (AvgIpc) is 3.33. The van der Waals surface area contributed by atoms with Gasteiger partial charge in [-0.15, -0.1) is 10.2 Å². The molecule has 0 aliphatic carbocycles. The Morgan fingerprint density at radius 3 is 2.72 bits per heavy atom. The first-order valence-corrected chi connectivity index (χ1v) is 11.7. The molecule has 4 rings (SSSR count). The van der Waals surface area contributed by atoms with Crippen LogP contribution in [-0.2, 0) is 17.6 Å². The zero-order chi connectivity index (χ0) is 20.2. The van der Waals surface area contributed by atoms with Gasteiger partial charge in [-0.25, -0.2) is 0 Å². The average molecular weight is 414 g/mol. The fourth-order valence-electron chi connectivity index (χ4n) is 4.46. The van der Waals surface area contributed by atoms with E-state index in [1.54, 1.807) is 11.8 Å². The van der Waals surface area contributed by atoms with Crippen molar-refractivity contribution >= 4 is 17.7 Å². The molecule has 1 aromatic heterocycles. The lowest BCUT2D eigenvalue weighted by atomic mass is 10.0. The van der Waals surface area contributed by atoms with Gasteiger partial charge < -0.3 is 9.47 Å². The smallest absolute Gasteiger partial charge is 0.236 e. The highest BCUT2D eigenvalue weighted by Crippen LogP contribution is 2.32. The largest absolute Gasteiger partial charge is 0.341 e. The van der Waals surface area contributed by atoms with Crippen molar-refractivity contribution in [1.29, 1.82) is 0 Å². The van der Waals surface area contributed by atoms with Gasteiger partial charge in [0.05, 0.1) is 12.6 Å². The van der Waals surface area contributed by atoms with Gasteiger partial charge >= 0.3 is 0 Å². The number of thioether (sulfide) groups is 1. The van der Waals surface area contributed by atoms with Crippen LogP contribution in [0.3, 0.4) is 0 Å². The Labute approximate surface area is 177 Å². The minimum absolute atomic E-state index is 0.185. The predicted octanol–water partition coefficient (Wildman–Crippen LogP) is 3.50. The van der Waals surface area contributed by atoms with Crippen LogP contribution >= 0.6 is 11.8 Å². The molecule has 0 spiro atoms. The van der Waals surface area contributed by atoms with Gasteiger partial charge in [-0.2, -0.15) is 0 Å². The van der Waals surface area contributed by atoms with Crippen LogP contribution in [0, 0.1) is 5.92 Å². The number of piperidine rings is 1. The number of nitrogens with zero attached hydrogens (tertiary/aromatic N) is 5. The summed E-state index contributed by atoms with van der Waals surface area (Å²) in [7, 11) is 2.05. The normalized spacial score (nSPS) is 22.9. The van der Waals surface area contributed by atoms with Crippen LogP contribution in [0.2, 0.25) is 0 Å². The van der Waals surface area contributed by atoms with Gasteiger partial charge in [-0.05, 0) is 43.7 Å². The minimum atomic E-state index is 0.185. The molecule has 2 aliphatic heterocycles. The second-order valence-electron chi connectivity index (χ2n) is 8.39. The molecule has 29 heavy (non-hydrogen) atoms. The first kappa shape index (κ1) is 20.4. The molecule has 0 unspecified atom stereocenters. The van der Waals surface area contributed by atoms with Crippen molar-refractivity contribution in [2.24, 2.45) is 13.0 Å². The van der Waals surface area contributed by atoms with Crippen molar-refractivity contribution in [2.45, 2.75) is 49.6 Å². The van der Waals surface area contributed by atoms with Crippen LogP contribution in [0.5, 0.6) is 0 Å². The third-order valence-electron chi connectivity index (χ3n) is 6.09. The molecule has 2 atom stereocenters. The number of amides is 1. The first-order chi connectivity index (χ1) is 14.1. The summed E-state index contributed by atoms with van der Waals surface area (Å²) < 4.78 is 2.12. The second-order valence-corrected chi connectivity index (χ2v) is 9.33. The van der Waals surface area contributed by atoms with E-state index in [1.165, 1.54) is 12.0 Å². The zero-order valence-corrected chi connectivity index (χ0v) is 18.3. The summed E-state index contributed by atoms with van der Waals surface area (Å²) in [4.78, 5) is 17.2. The van der Waals surface area contributed by atoms with Gasteiger partial charge in [0.15, 0.2) is 11.0 Å². The van der Waals surface area contributed by atoms with Gasteiger partial charge in [-0.3, -0.25) is 9.69 Å². The van der Waals surface area contributed by atoms with E-state index in [9.17, 15) is 4.79 Å². The molecule has 0 bridgehead atoms. The maximum atomic E-state index is 12.9. The molecule has 6 nitrogen and oxygen atoms in total. The predicted molar refractivity (Wildman–Crippen MR) is 116 cm³/mol. The summed E-state index contributed by atoms with van der Waals surface area (Å²) in [5.41, 5.74) is 1.28. The molecule has 2 aromatic rings. The van der Waals surface area contributed by atoms with E-state index in [-0.39, 0.29) is 11.9 Å². The maximum absolute atomic E-state index is 12.9. The van der Waals surface area contributed by atoms with Gasteiger partial charge in [0.2, 0.25) is 5.91 Å². The monoisotopic (exact) mass is 413 g/mol. The van der Waals surface area contributed by atoms with Crippen molar-refractivity contribution in [3.63, 3.8) is 0 Å². The molecular formula is C22H31N5OS. The van der Waals surface area contributed by atoms with E-state index in [2.05, 4.69) is 55.8 Å². The lowest BCUT2D eigenvalue weighted by molar-refractivity contribution is -0.134. The second kappa shape index (κ2) is 9.30. The van der Waals surface area contributed by atoms with E-state index in [1.807, 2.05) is 13.1 Å². The Balaban J connectivity index is 1.39. The molecule has 3 heterocycles. The van der Waals surface area contributed by atoms with Gasteiger partial charge in [0, 0.05) is 25.9 Å². The summed E-state index contributed by atoms with van der Waals surface area (Å²) in [6.07, 6.45) is 4.51. The first-order valence-electron chi connectivity index (χ1n) is 10.7. The Morgan fingerprint density at radius 2 is 1.93 bits per heavy atom. The van der Waals surface area contributed by atoms with Crippen LogP contribution in [0.15, 0.2) is 35.5 Å². The van der Waals surface area contributed by atoms with Crippen molar-refractivity contribution in [3.05, 3.63) is 41.7 Å². The maximum Gasteiger partial charge on any atom is 0.236 e. The number of aromatic nitrogens is 3. The minimum Gasteiger partial charge on any atom is -0.341 e. The van der Waals surface area contributed by atoms with Gasteiger partial charge in [0.1, 0.15) is 0 Å². The lowest BCUT2D eigenvalue weighted by Gasteiger charge is -2.33. The molecule has 2 saturated heterocycles. The Kier molecular flexibility index (Phi) is 6.55. The van der Waals surface area contributed by atoms with E-state index >= 15 is 0 Å². The molecule has 0 radical (unpaired) electrons. The molecule has 2 aliphatic rings. The van der Waals surface area contributed by atoms with Crippen molar-refractivity contribution < 1.29 is 4.79 Å². The van der Waals surface area contributed by atoms with E-state index in [0.29, 0.717) is 12.5 Å². The number of carbonyl (C=O) groups is 1. The molecule has 1 aromatic carbocycles. The van der Waals surface area contributed by atoms with E-state index < -0.39 is 0 Å². The Bertz CT molecular complexity index is 824. The van der Waals surface area contributed by atoms with E-state index in [0.717, 1.165) is 55.6 Å².